The lowest BCUT2D eigenvalue weighted by Gasteiger charge is -2.28. The predicted octanol–water partition coefficient (Wildman–Crippen LogP) is 2.84. The van der Waals surface area contributed by atoms with E-state index in [0.29, 0.717) is 5.69 Å². The summed E-state index contributed by atoms with van der Waals surface area (Å²) >= 11 is 0. The Kier molecular flexibility index (Phi) is 5.62. The lowest BCUT2D eigenvalue weighted by atomic mass is 9.81. The number of hydrogen-bond donors (Lipinski definition) is 1. The number of benzene rings is 1. The van der Waals surface area contributed by atoms with Gasteiger partial charge in [0.2, 0.25) is 11.8 Å². The average molecular weight is 427 g/mol. The number of likely N-dealkylation sites (tertiary alicyclic amines) is 1. The van der Waals surface area contributed by atoms with Crippen LogP contribution < -0.4 is 5.32 Å². The van der Waals surface area contributed by atoms with Gasteiger partial charge in [-0.2, -0.15) is 0 Å². The molecule has 31 heavy (non-hydrogen) atoms. The summed E-state index contributed by atoms with van der Waals surface area (Å²) < 4.78 is 5.27. The summed E-state index contributed by atoms with van der Waals surface area (Å²) in [5.41, 5.74) is 2.65. The monoisotopic (exact) mass is 426 g/mol. The number of ether oxygens (including phenoxy) is 1. The molecule has 7 nitrogen and oxygen atoms in total. The third-order valence-electron chi connectivity index (χ3n) is 7.11. The van der Waals surface area contributed by atoms with Gasteiger partial charge >= 0.3 is 5.97 Å². The topological polar surface area (TPSA) is 92.8 Å². The summed E-state index contributed by atoms with van der Waals surface area (Å²) in [4.78, 5) is 52.5. The zero-order valence-corrected chi connectivity index (χ0v) is 18.5. The average Bonchev–Trinajstić information content (AvgIpc) is 3.38. The molecule has 4 rings (SSSR count). The molecule has 1 aromatic carbocycles. The van der Waals surface area contributed by atoms with E-state index in [1.54, 1.807) is 19.9 Å². The van der Waals surface area contributed by atoms with Crippen LogP contribution in [0.1, 0.15) is 44.2 Å². The molecule has 1 heterocycles. The van der Waals surface area contributed by atoms with Crippen molar-refractivity contribution in [2.45, 2.75) is 53.0 Å². The van der Waals surface area contributed by atoms with E-state index < -0.39 is 24.5 Å². The van der Waals surface area contributed by atoms with Crippen LogP contribution in [0.2, 0.25) is 0 Å². The molecule has 2 saturated carbocycles. The molecule has 3 fully saturated rings. The minimum atomic E-state index is -1.00. The van der Waals surface area contributed by atoms with Gasteiger partial charge in [-0.25, -0.2) is 4.79 Å². The number of rotatable bonds is 6. The molecule has 1 aliphatic heterocycles. The first kappa shape index (κ1) is 21.5. The van der Waals surface area contributed by atoms with Crippen molar-refractivity contribution in [2.24, 2.45) is 29.6 Å². The Labute approximate surface area is 182 Å². The third-order valence-corrected chi connectivity index (χ3v) is 7.11. The smallest absolute Gasteiger partial charge is 0.330 e. The Balaban J connectivity index is 1.42. The minimum Gasteiger partial charge on any atom is -0.454 e. The summed E-state index contributed by atoms with van der Waals surface area (Å²) in [5.74, 6) is -2.01. The molecule has 0 spiro atoms. The van der Waals surface area contributed by atoms with E-state index in [0.717, 1.165) is 35.3 Å². The van der Waals surface area contributed by atoms with E-state index >= 15 is 0 Å². The fourth-order valence-corrected chi connectivity index (χ4v) is 5.74. The van der Waals surface area contributed by atoms with Crippen molar-refractivity contribution in [3.8, 4) is 0 Å². The fraction of sp³-hybridized carbons (Fsp3) is 0.583. The van der Waals surface area contributed by atoms with Crippen LogP contribution in [0.4, 0.5) is 5.69 Å². The standard InChI is InChI=1S/C24H30N2O5/c1-12(2)21(26-22(28)19-15-6-7-16(10-15)20(19)23(26)29)24(30)31-11-18(27)25-17-8-5-13(3)9-14(17)4/h5,8-9,12,15-16,19-21H,6-7,10-11H2,1-4H3,(H,25,27)/t15-,16-,19+,20+,21-/m0/s1. The van der Waals surface area contributed by atoms with Gasteiger partial charge in [-0.15, -0.1) is 0 Å². The third kappa shape index (κ3) is 3.75. The number of carbonyl (C=O) groups excluding carboxylic acids is 4. The van der Waals surface area contributed by atoms with E-state index in [1.807, 2.05) is 26.0 Å². The van der Waals surface area contributed by atoms with E-state index in [4.69, 9.17) is 4.74 Å². The van der Waals surface area contributed by atoms with Crippen LogP contribution >= 0.6 is 0 Å². The fourth-order valence-electron chi connectivity index (χ4n) is 5.74. The second-order valence-corrected chi connectivity index (χ2v) is 9.59. The molecular formula is C24H30N2O5. The summed E-state index contributed by atoms with van der Waals surface area (Å²) in [7, 11) is 0. The van der Waals surface area contributed by atoms with E-state index in [2.05, 4.69) is 5.32 Å². The van der Waals surface area contributed by atoms with Gasteiger partial charge in [0.25, 0.3) is 5.91 Å². The van der Waals surface area contributed by atoms with Crippen molar-refractivity contribution < 1.29 is 23.9 Å². The molecule has 0 aromatic heterocycles. The first-order valence-electron chi connectivity index (χ1n) is 11.1. The van der Waals surface area contributed by atoms with Gasteiger partial charge in [0.15, 0.2) is 6.61 Å². The molecule has 2 aliphatic carbocycles. The Bertz CT molecular complexity index is 912. The Morgan fingerprint density at radius 1 is 1.10 bits per heavy atom. The van der Waals surface area contributed by atoms with Gasteiger partial charge in [0.1, 0.15) is 6.04 Å². The molecule has 5 atom stereocenters. The Morgan fingerprint density at radius 2 is 1.71 bits per heavy atom. The van der Waals surface area contributed by atoms with Crippen LogP contribution in [0.3, 0.4) is 0 Å². The molecule has 2 bridgehead atoms. The van der Waals surface area contributed by atoms with Crippen LogP contribution in [0.25, 0.3) is 0 Å². The zero-order chi connectivity index (χ0) is 22.4. The van der Waals surface area contributed by atoms with Gasteiger partial charge in [0, 0.05) is 5.69 Å². The minimum absolute atomic E-state index is 0.238. The Hall–Kier alpha value is -2.70. The number of carbonyl (C=O) groups is 4. The second-order valence-electron chi connectivity index (χ2n) is 9.59. The highest BCUT2D eigenvalue weighted by Gasteiger charge is 2.62. The number of esters is 1. The number of amides is 3. The highest BCUT2D eigenvalue weighted by atomic mass is 16.5. The first-order valence-corrected chi connectivity index (χ1v) is 11.1. The van der Waals surface area contributed by atoms with Gasteiger partial charge in [-0.05, 0) is 62.5 Å². The predicted molar refractivity (Wildman–Crippen MR) is 114 cm³/mol. The molecule has 1 saturated heterocycles. The normalized spacial score (nSPS) is 27.6. The number of imide groups is 1. The molecule has 7 heteroatoms. The first-order chi connectivity index (χ1) is 14.7. The molecule has 1 aromatic rings. The van der Waals surface area contributed by atoms with Gasteiger partial charge in [0.05, 0.1) is 11.8 Å². The lowest BCUT2D eigenvalue weighted by molar-refractivity contribution is -0.162. The maximum Gasteiger partial charge on any atom is 0.330 e. The van der Waals surface area contributed by atoms with Crippen molar-refractivity contribution in [2.75, 3.05) is 11.9 Å². The Morgan fingerprint density at radius 3 is 2.26 bits per heavy atom. The largest absolute Gasteiger partial charge is 0.454 e. The summed E-state index contributed by atoms with van der Waals surface area (Å²) in [6, 6.07) is 4.64. The van der Waals surface area contributed by atoms with Crippen molar-refractivity contribution in [3.63, 3.8) is 0 Å². The summed E-state index contributed by atoms with van der Waals surface area (Å²) in [6.07, 6.45) is 2.90. The summed E-state index contributed by atoms with van der Waals surface area (Å²) in [5, 5.41) is 2.74. The van der Waals surface area contributed by atoms with Gasteiger partial charge < -0.3 is 10.1 Å². The number of nitrogens with one attached hydrogen (secondary N) is 1. The van der Waals surface area contributed by atoms with E-state index in [1.165, 1.54) is 0 Å². The van der Waals surface area contributed by atoms with Crippen molar-refractivity contribution in [3.05, 3.63) is 29.3 Å². The zero-order valence-electron chi connectivity index (χ0n) is 18.5. The van der Waals surface area contributed by atoms with Crippen molar-refractivity contribution in [1.82, 2.24) is 4.90 Å². The maximum absolute atomic E-state index is 13.1. The van der Waals surface area contributed by atoms with Crippen LogP contribution in [-0.4, -0.2) is 41.2 Å². The molecule has 1 N–H and O–H groups in total. The number of anilines is 1. The maximum atomic E-state index is 13.1. The molecule has 0 unspecified atom stereocenters. The molecule has 3 aliphatic rings. The number of fused-ring (bicyclic) bond motifs is 5. The molecule has 0 radical (unpaired) electrons. The quantitative estimate of drug-likeness (QED) is 0.558. The van der Waals surface area contributed by atoms with Gasteiger partial charge in [-0.1, -0.05) is 31.5 Å². The molecule has 166 valence electrons. The number of nitrogens with zero attached hydrogens (tertiary/aromatic N) is 1. The highest BCUT2D eigenvalue weighted by molar-refractivity contribution is 6.08. The van der Waals surface area contributed by atoms with Crippen LogP contribution in [0, 0.1) is 43.4 Å². The van der Waals surface area contributed by atoms with Crippen molar-refractivity contribution in [1.29, 1.82) is 0 Å². The highest BCUT2D eigenvalue weighted by Crippen LogP contribution is 2.56. The van der Waals surface area contributed by atoms with E-state index in [-0.39, 0.29) is 41.4 Å². The lowest BCUT2D eigenvalue weighted by Crippen LogP contribution is -2.50. The van der Waals surface area contributed by atoms with Crippen molar-refractivity contribution >= 4 is 29.4 Å². The van der Waals surface area contributed by atoms with Crippen LogP contribution in [-0.2, 0) is 23.9 Å². The van der Waals surface area contributed by atoms with Gasteiger partial charge in [-0.3, -0.25) is 19.3 Å². The van der Waals surface area contributed by atoms with E-state index in [9.17, 15) is 19.2 Å². The van der Waals surface area contributed by atoms with Crippen LogP contribution in [0.15, 0.2) is 18.2 Å². The van der Waals surface area contributed by atoms with Crippen LogP contribution in [0.5, 0.6) is 0 Å². The molecule has 3 amide bonds. The second kappa shape index (κ2) is 8.09. The number of hydrogen-bond acceptors (Lipinski definition) is 5. The summed E-state index contributed by atoms with van der Waals surface area (Å²) in [6.45, 7) is 6.95. The SMILES string of the molecule is Cc1ccc(NC(=O)COC(=O)[C@H](C(C)C)N2C(=O)[C@@H]3[C@H]4CC[C@@H](C4)[C@H]3C2=O)c(C)c1. The number of aryl methyl sites for hydroxylation is 2. The molecular weight excluding hydrogens is 396 g/mol.